The molecular formula is C24H32Cl2N4O3S. The van der Waals surface area contributed by atoms with Crippen molar-refractivity contribution in [2.45, 2.75) is 43.5 Å². The van der Waals surface area contributed by atoms with Gasteiger partial charge in [-0.3, -0.25) is 10.2 Å². The van der Waals surface area contributed by atoms with E-state index in [9.17, 15) is 13.2 Å². The van der Waals surface area contributed by atoms with Gasteiger partial charge in [-0.15, -0.1) is 12.4 Å². The lowest BCUT2D eigenvalue weighted by Crippen LogP contribution is -2.52. The number of nitrogens with zero attached hydrogens (tertiary/aromatic N) is 3. The molecular weight excluding hydrogens is 495 g/mol. The van der Waals surface area contributed by atoms with Crippen molar-refractivity contribution in [2.75, 3.05) is 33.2 Å². The van der Waals surface area contributed by atoms with Gasteiger partial charge in [0.1, 0.15) is 0 Å². The number of carbonyl (C=O) groups excluding carboxylic acids is 1. The lowest BCUT2D eigenvalue weighted by Gasteiger charge is -2.39. The molecule has 7 nitrogen and oxygen atoms in total. The zero-order chi connectivity index (χ0) is 23.8. The highest BCUT2D eigenvalue weighted by Crippen LogP contribution is 2.30. The van der Waals surface area contributed by atoms with Gasteiger partial charge in [0.2, 0.25) is 15.9 Å². The van der Waals surface area contributed by atoms with Crippen molar-refractivity contribution < 1.29 is 13.2 Å². The van der Waals surface area contributed by atoms with E-state index >= 15 is 0 Å². The van der Waals surface area contributed by atoms with Crippen molar-refractivity contribution in [3.8, 4) is 0 Å². The van der Waals surface area contributed by atoms with Gasteiger partial charge in [-0.2, -0.15) is 4.31 Å². The van der Waals surface area contributed by atoms with E-state index in [1.165, 1.54) is 4.31 Å². The number of carbonyl (C=O) groups is 1. The normalized spacial score (nSPS) is 21.7. The summed E-state index contributed by atoms with van der Waals surface area (Å²) in [5, 5.41) is 10.1. The van der Waals surface area contributed by atoms with E-state index in [2.05, 4.69) is 0 Å². The summed E-state index contributed by atoms with van der Waals surface area (Å²) in [4.78, 5) is 17.1. The van der Waals surface area contributed by atoms with Gasteiger partial charge in [-0.05, 0) is 67.6 Å². The number of benzene rings is 2. The van der Waals surface area contributed by atoms with Gasteiger partial charge < -0.3 is 9.80 Å². The molecule has 2 aliphatic rings. The van der Waals surface area contributed by atoms with Crippen molar-refractivity contribution in [1.82, 2.24) is 14.1 Å². The maximum absolute atomic E-state index is 13.2. The predicted octanol–water partition coefficient (Wildman–Crippen LogP) is 4.24. The summed E-state index contributed by atoms with van der Waals surface area (Å²) < 4.78 is 27.9. The Bertz CT molecular complexity index is 1160. The van der Waals surface area contributed by atoms with Crippen molar-refractivity contribution >= 4 is 56.5 Å². The van der Waals surface area contributed by atoms with Crippen LogP contribution < -0.4 is 0 Å². The Morgan fingerprint density at radius 1 is 1.00 bits per heavy atom. The highest BCUT2D eigenvalue weighted by atomic mass is 35.5. The molecule has 1 saturated carbocycles. The van der Waals surface area contributed by atoms with Crippen molar-refractivity contribution in [1.29, 1.82) is 5.41 Å². The van der Waals surface area contributed by atoms with Gasteiger partial charge in [-0.25, -0.2) is 8.42 Å². The largest absolute Gasteiger partial charge is 0.361 e. The van der Waals surface area contributed by atoms with Crippen LogP contribution in [0.15, 0.2) is 41.3 Å². The van der Waals surface area contributed by atoms with Crippen LogP contribution in [0.4, 0.5) is 0 Å². The summed E-state index contributed by atoms with van der Waals surface area (Å²) in [5.74, 6) is 0.691. The van der Waals surface area contributed by atoms with E-state index in [0.717, 1.165) is 36.5 Å². The average molecular weight is 528 g/mol. The molecule has 1 aliphatic heterocycles. The first-order chi connectivity index (χ1) is 15.7. The van der Waals surface area contributed by atoms with Crippen molar-refractivity contribution in [3.63, 3.8) is 0 Å². The summed E-state index contributed by atoms with van der Waals surface area (Å²) in [6, 6.07) is 10.8. The Morgan fingerprint density at radius 3 is 2.21 bits per heavy atom. The smallest absolute Gasteiger partial charge is 0.243 e. The van der Waals surface area contributed by atoms with E-state index in [0.29, 0.717) is 43.1 Å². The molecule has 0 bridgehead atoms. The molecule has 4 rings (SSSR count). The van der Waals surface area contributed by atoms with Crippen LogP contribution in [-0.2, 0) is 14.8 Å². The lowest BCUT2D eigenvalue weighted by atomic mass is 9.84. The van der Waals surface area contributed by atoms with E-state index in [4.69, 9.17) is 17.0 Å². The highest BCUT2D eigenvalue weighted by Gasteiger charge is 2.35. The molecule has 0 unspecified atom stereocenters. The highest BCUT2D eigenvalue weighted by molar-refractivity contribution is 7.89. The Labute approximate surface area is 213 Å². The molecule has 10 heteroatoms. The fourth-order valence-corrected chi connectivity index (χ4v) is 6.53. The maximum Gasteiger partial charge on any atom is 0.243 e. The van der Waals surface area contributed by atoms with Crippen LogP contribution in [-0.4, -0.2) is 73.5 Å². The van der Waals surface area contributed by atoms with E-state index in [-0.39, 0.29) is 29.1 Å². The topological polar surface area (TPSA) is 84.8 Å². The quantitative estimate of drug-likeness (QED) is 0.476. The number of halogens is 2. The van der Waals surface area contributed by atoms with Crippen LogP contribution in [0.25, 0.3) is 10.8 Å². The fraction of sp³-hybridized carbons (Fsp3) is 0.500. The summed E-state index contributed by atoms with van der Waals surface area (Å²) in [5.41, 5.74) is 0. The third-order valence-corrected chi connectivity index (χ3v) is 9.21. The number of piperazine rings is 1. The predicted molar refractivity (Wildman–Crippen MR) is 138 cm³/mol. The molecule has 34 heavy (non-hydrogen) atoms. The average Bonchev–Trinajstić information content (AvgIpc) is 2.82. The first kappa shape index (κ1) is 26.7. The second-order valence-electron chi connectivity index (χ2n) is 9.08. The molecule has 1 heterocycles. The molecule has 1 amide bonds. The first-order valence-corrected chi connectivity index (χ1v) is 13.2. The Kier molecular flexibility index (Phi) is 8.50. The van der Waals surface area contributed by atoms with Crippen LogP contribution >= 0.6 is 24.0 Å². The van der Waals surface area contributed by atoms with Crippen LogP contribution in [0.2, 0.25) is 5.02 Å². The minimum atomic E-state index is -3.63. The Hall–Kier alpha value is -1.87. The Morgan fingerprint density at radius 2 is 1.59 bits per heavy atom. The molecule has 0 spiro atoms. The summed E-state index contributed by atoms with van der Waals surface area (Å²) in [6.45, 7) is 3.23. The zero-order valence-corrected chi connectivity index (χ0v) is 21.9. The molecule has 1 aliphatic carbocycles. The van der Waals surface area contributed by atoms with Gasteiger partial charge in [0.05, 0.1) is 10.7 Å². The number of hydrogen-bond acceptors (Lipinski definition) is 4. The number of rotatable bonds is 4. The molecule has 186 valence electrons. The van der Waals surface area contributed by atoms with Crippen LogP contribution in [0, 0.1) is 11.3 Å². The zero-order valence-electron chi connectivity index (χ0n) is 19.5. The van der Waals surface area contributed by atoms with Crippen LogP contribution in [0.1, 0.15) is 32.6 Å². The van der Waals surface area contributed by atoms with Gasteiger partial charge in [0.15, 0.2) is 0 Å². The molecule has 0 aromatic heterocycles. The number of fused-ring (bicyclic) bond motifs is 1. The van der Waals surface area contributed by atoms with Gasteiger partial charge in [0, 0.05) is 50.2 Å². The van der Waals surface area contributed by atoms with E-state index in [1.54, 1.807) is 31.2 Å². The minimum Gasteiger partial charge on any atom is -0.361 e. The van der Waals surface area contributed by atoms with E-state index in [1.807, 2.05) is 29.0 Å². The van der Waals surface area contributed by atoms with Gasteiger partial charge in [0.25, 0.3) is 0 Å². The molecule has 0 radical (unpaired) electrons. The van der Waals surface area contributed by atoms with Gasteiger partial charge >= 0.3 is 0 Å². The number of amides is 1. The molecule has 0 atom stereocenters. The molecule has 2 aromatic rings. The SMILES string of the molecule is CC(=N)N(C)C1CCC(C(=O)N2CCN(S(=O)(=O)c3ccc4cc(Cl)ccc4c3)CC2)CC1.Cl. The third kappa shape index (κ3) is 5.51. The summed E-state index contributed by atoms with van der Waals surface area (Å²) >= 11 is 6.03. The number of amidine groups is 1. The van der Waals surface area contributed by atoms with Gasteiger partial charge in [-0.1, -0.05) is 23.7 Å². The maximum atomic E-state index is 13.2. The summed E-state index contributed by atoms with van der Waals surface area (Å²) in [7, 11) is -1.68. The summed E-state index contributed by atoms with van der Waals surface area (Å²) in [6.07, 6.45) is 3.46. The first-order valence-electron chi connectivity index (χ1n) is 11.4. The van der Waals surface area contributed by atoms with Crippen LogP contribution in [0.5, 0.6) is 0 Å². The number of hydrogen-bond donors (Lipinski definition) is 1. The van der Waals surface area contributed by atoms with Crippen molar-refractivity contribution in [3.05, 3.63) is 41.4 Å². The third-order valence-electron chi connectivity index (χ3n) is 7.08. The van der Waals surface area contributed by atoms with Crippen LogP contribution in [0.3, 0.4) is 0 Å². The minimum absolute atomic E-state index is 0. The monoisotopic (exact) mass is 526 g/mol. The van der Waals surface area contributed by atoms with Crippen molar-refractivity contribution in [2.24, 2.45) is 5.92 Å². The Balaban J connectivity index is 0.00000324. The second-order valence-corrected chi connectivity index (χ2v) is 11.5. The second kappa shape index (κ2) is 10.8. The molecule has 1 N–H and O–H groups in total. The molecule has 1 saturated heterocycles. The lowest BCUT2D eigenvalue weighted by molar-refractivity contribution is -0.138. The number of nitrogens with one attached hydrogen (secondary N) is 1. The molecule has 2 fully saturated rings. The van der Waals surface area contributed by atoms with E-state index < -0.39 is 10.0 Å². The number of sulfonamides is 1. The standard InChI is InChI=1S/C24H31ClN4O3S.ClH/c1-17(26)27(2)22-8-4-18(5-9-22)24(30)28-11-13-29(14-12-28)33(31,32)23-10-6-19-15-21(25)7-3-20(19)16-23;/h3,6-7,10,15-16,18,22,26H,4-5,8-9,11-14H2,1-2H3;1H. The molecule has 2 aromatic carbocycles. The fourth-order valence-electron chi connectivity index (χ4n) is 4.90.